The van der Waals surface area contributed by atoms with Gasteiger partial charge in [-0.2, -0.15) is 0 Å². The first-order valence-corrected chi connectivity index (χ1v) is 7.20. The summed E-state index contributed by atoms with van der Waals surface area (Å²) in [5, 5.41) is 0. The van der Waals surface area contributed by atoms with Gasteiger partial charge in [0.1, 0.15) is 6.10 Å². The van der Waals surface area contributed by atoms with Crippen LogP contribution >= 0.6 is 0 Å². The van der Waals surface area contributed by atoms with Gasteiger partial charge in [0.25, 0.3) is 0 Å². The molecule has 2 saturated heterocycles. The summed E-state index contributed by atoms with van der Waals surface area (Å²) in [5.74, 6) is -1.54. The first kappa shape index (κ1) is 14.5. The van der Waals surface area contributed by atoms with Gasteiger partial charge in [-0.15, -0.1) is 0 Å². The second kappa shape index (κ2) is 5.10. The van der Waals surface area contributed by atoms with E-state index in [1.54, 1.807) is 6.92 Å². The molecule has 0 unspecified atom stereocenters. The Bertz CT molecular complexity index is 487. The molecule has 2 heterocycles. The Kier molecular flexibility index (Phi) is 3.53. The summed E-state index contributed by atoms with van der Waals surface area (Å²) in [6.45, 7) is 3.89. The van der Waals surface area contributed by atoms with Crippen molar-refractivity contribution in [2.24, 2.45) is 17.3 Å². The van der Waals surface area contributed by atoms with E-state index in [0.717, 1.165) is 0 Å². The number of rotatable bonds is 1. The largest absolute Gasteiger partial charge is 0.469 e. The van der Waals surface area contributed by atoms with Crippen molar-refractivity contribution >= 4 is 11.9 Å². The minimum atomic E-state index is -0.916. The fourth-order valence-electron chi connectivity index (χ4n) is 3.63. The fourth-order valence-corrected chi connectivity index (χ4v) is 3.63. The standard InChI is InChI=1S/C15H20O6/c1-8-19-7-10-12(20-8)9-5-4-6-15(2,14(17)18-3)11(9)13(16)21-10/h4-5,8-12H,6-7H2,1-3H3/t8-,9+,10-,11+,12+,15-/m1/s1. The van der Waals surface area contributed by atoms with Crippen LogP contribution in [0.5, 0.6) is 0 Å². The van der Waals surface area contributed by atoms with Crippen LogP contribution in [0.25, 0.3) is 0 Å². The van der Waals surface area contributed by atoms with Crippen molar-refractivity contribution in [1.82, 2.24) is 0 Å². The number of methoxy groups -OCH3 is 1. The SMILES string of the molecule is COC(=O)[C@]1(C)CC=C[C@@H]2[C@@H]3O[C@H](C)OC[C@H]3OC(=O)[C@H]21. The van der Waals surface area contributed by atoms with E-state index >= 15 is 0 Å². The Morgan fingerprint density at radius 3 is 2.95 bits per heavy atom. The minimum absolute atomic E-state index is 0.194. The van der Waals surface area contributed by atoms with Crippen LogP contribution in [0.1, 0.15) is 20.3 Å². The predicted molar refractivity (Wildman–Crippen MR) is 71.0 cm³/mol. The molecule has 0 bridgehead atoms. The summed E-state index contributed by atoms with van der Waals surface area (Å²) in [4.78, 5) is 24.6. The smallest absolute Gasteiger partial charge is 0.312 e. The summed E-state index contributed by atoms with van der Waals surface area (Å²) in [5.41, 5.74) is -0.916. The average Bonchev–Trinajstić information content (AvgIpc) is 2.47. The van der Waals surface area contributed by atoms with Gasteiger partial charge in [0.15, 0.2) is 12.4 Å². The molecule has 21 heavy (non-hydrogen) atoms. The maximum atomic E-state index is 12.4. The Hall–Kier alpha value is -1.40. The van der Waals surface area contributed by atoms with E-state index in [4.69, 9.17) is 18.9 Å². The number of hydrogen-bond acceptors (Lipinski definition) is 6. The molecule has 2 fully saturated rings. The highest BCUT2D eigenvalue weighted by Crippen LogP contribution is 2.48. The van der Waals surface area contributed by atoms with Crippen molar-refractivity contribution in [3.8, 4) is 0 Å². The molecule has 3 aliphatic rings. The Morgan fingerprint density at radius 2 is 2.24 bits per heavy atom. The molecule has 0 amide bonds. The van der Waals surface area contributed by atoms with Crippen LogP contribution in [-0.2, 0) is 28.5 Å². The van der Waals surface area contributed by atoms with E-state index in [-0.39, 0.29) is 24.3 Å². The minimum Gasteiger partial charge on any atom is -0.469 e. The topological polar surface area (TPSA) is 71.1 Å². The van der Waals surface area contributed by atoms with Crippen LogP contribution in [0.15, 0.2) is 12.2 Å². The summed E-state index contributed by atoms with van der Waals surface area (Å²) >= 11 is 0. The van der Waals surface area contributed by atoms with E-state index < -0.39 is 23.4 Å². The number of carbonyl (C=O) groups excluding carboxylic acids is 2. The lowest BCUT2D eigenvalue weighted by molar-refractivity contribution is -0.281. The highest BCUT2D eigenvalue weighted by molar-refractivity contribution is 5.86. The molecule has 6 heteroatoms. The Morgan fingerprint density at radius 1 is 1.48 bits per heavy atom. The molecule has 1 aliphatic carbocycles. The van der Waals surface area contributed by atoms with Gasteiger partial charge in [-0.1, -0.05) is 12.2 Å². The second-order valence-electron chi connectivity index (χ2n) is 6.07. The van der Waals surface area contributed by atoms with Crippen LogP contribution in [0.3, 0.4) is 0 Å². The number of hydrogen-bond donors (Lipinski definition) is 0. The van der Waals surface area contributed by atoms with Gasteiger partial charge < -0.3 is 18.9 Å². The third-order valence-corrected chi connectivity index (χ3v) is 4.73. The summed E-state index contributed by atoms with van der Waals surface area (Å²) < 4.78 is 21.6. The average molecular weight is 296 g/mol. The molecule has 3 rings (SSSR count). The number of ether oxygens (including phenoxy) is 4. The van der Waals surface area contributed by atoms with Gasteiger partial charge in [0, 0.05) is 5.92 Å². The number of esters is 2. The van der Waals surface area contributed by atoms with Crippen LogP contribution in [0.4, 0.5) is 0 Å². The van der Waals surface area contributed by atoms with Gasteiger partial charge in [-0.3, -0.25) is 9.59 Å². The Labute approximate surface area is 123 Å². The number of carbonyl (C=O) groups is 2. The molecule has 116 valence electrons. The first-order valence-electron chi connectivity index (χ1n) is 7.20. The van der Waals surface area contributed by atoms with E-state index in [0.29, 0.717) is 13.0 Å². The van der Waals surface area contributed by atoms with Gasteiger partial charge in [0.2, 0.25) is 0 Å². The van der Waals surface area contributed by atoms with Crippen molar-refractivity contribution in [3.63, 3.8) is 0 Å². The summed E-state index contributed by atoms with van der Waals surface area (Å²) in [7, 11) is 1.34. The molecule has 0 aromatic carbocycles. The zero-order valence-electron chi connectivity index (χ0n) is 12.4. The van der Waals surface area contributed by atoms with E-state index in [9.17, 15) is 9.59 Å². The first-order chi connectivity index (χ1) is 9.97. The third-order valence-electron chi connectivity index (χ3n) is 4.73. The molecule has 0 radical (unpaired) electrons. The zero-order valence-corrected chi connectivity index (χ0v) is 12.4. The van der Waals surface area contributed by atoms with Crippen molar-refractivity contribution in [3.05, 3.63) is 12.2 Å². The molecule has 2 aliphatic heterocycles. The molecule has 0 saturated carbocycles. The molecule has 6 nitrogen and oxygen atoms in total. The molecule has 6 atom stereocenters. The van der Waals surface area contributed by atoms with Gasteiger partial charge in [-0.25, -0.2) is 0 Å². The predicted octanol–water partition coefficient (Wildman–Crippen LogP) is 1.04. The molecule has 0 spiro atoms. The Balaban J connectivity index is 1.96. The van der Waals surface area contributed by atoms with Crippen molar-refractivity contribution in [2.45, 2.75) is 38.8 Å². The van der Waals surface area contributed by atoms with Crippen molar-refractivity contribution < 1.29 is 28.5 Å². The lowest BCUT2D eigenvalue weighted by Gasteiger charge is -2.49. The lowest BCUT2D eigenvalue weighted by atomic mass is 9.62. The molecular weight excluding hydrogens is 276 g/mol. The van der Waals surface area contributed by atoms with Crippen LogP contribution in [0.2, 0.25) is 0 Å². The molecular formula is C15H20O6. The second-order valence-corrected chi connectivity index (χ2v) is 6.07. The van der Waals surface area contributed by atoms with Gasteiger partial charge >= 0.3 is 11.9 Å². The lowest BCUT2D eigenvalue weighted by Crippen LogP contribution is -2.60. The van der Waals surface area contributed by atoms with Crippen LogP contribution in [-0.4, -0.2) is 44.2 Å². The fraction of sp³-hybridized carbons (Fsp3) is 0.733. The third kappa shape index (κ3) is 2.17. The maximum Gasteiger partial charge on any atom is 0.312 e. The van der Waals surface area contributed by atoms with Crippen molar-refractivity contribution in [1.29, 1.82) is 0 Å². The molecule has 0 aromatic rings. The monoisotopic (exact) mass is 296 g/mol. The normalized spacial score (nSPS) is 45.3. The van der Waals surface area contributed by atoms with E-state index in [2.05, 4.69) is 0 Å². The van der Waals surface area contributed by atoms with Gasteiger partial charge in [-0.05, 0) is 20.3 Å². The van der Waals surface area contributed by atoms with Crippen LogP contribution < -0.4 is 0 Å². The summed E-state index contributed by atoms with van der Waals surface area (Å²) in [6.07, 6.45) is 3.31. The molecule has 0 aromatic heterocycles. The highest BCUT2D eigenvalue weighted by atomic mass is 16.7. The number of allylic oxidation sites excluding steroid dienone is 1. The van der Waals surface area contributed by atoms with E-state index in [1.165, 1.54) is 7.11 Å². The maximum absolute atomic E-state index is 12.4. The zero-order chi connectivity index (χ0) is 15.2. The summed E-state index contributed by atoms with van der Waals surface area (Å²) in [6, 6.07) is 0. The van der Waals surface area contributed by atoms with E-state index in [1.807, 2.05) is 19.1 Å². The highest BCUT2D eigenvalue weighted by Gasteiger charge is 2.58. The van der Waals surface area contributed by atoms with Crippen molar-refractivity contribution in [2.75, 3.05) is 13.7 Å². The van der Waals surface area contributed by atoms with Crippen LogP contribution in [0, 0.1) is 17.3 Å². The number of fused-ring (bicyclic) bond motifs is 3. The van der Waals surface area contributed by atoms with Gasteiger partial charge in [0.05, 0.1) is 25.0 Å². The molecule has 0 N–H and O–H groups in total. The quantitative estimate of drug-likeness (QED) is 0.532.